The van der Waals surface area contributed by atoms with Gasteiger partial charge < -0.3 is 14.9 Å². The summed E-state index contributed by atoms with van der Waals surface area (Å²) in [6, 6.07) is 0. The summed E-state index contributed by atoms with van der Waals surface area (Å²) in [5.41, 5.74) is 0.259. The summed E-state index contributed by atoms with van der Waals surface area (Å²) >= 11 is 0. The summed E-state index contributed by atoms with van der Waals surface area (Å²) in [5, 5.41) is 20.2. The van der Waals surface area contributed by atoms with Crippen LogP contribution >= 0.6 is 0 Å². The van der Waals surface area contributed by atoms with Gasteiger partial charge in [-0.3, -0.25) is 0 Å². The van der Waals surface area contributed by atoms with E-state index >= 15 is 0 Å². The molecule has 0 heterocycles. The quantitative estimate of drug-likeness (QED) is 0.808. The molecule has 0 saturated heterocycles. The lowest BCUT2D eigenvalue weighted by Gasteiger charge is -2.58. The van der Waals surface area contributed by atoms with Crippen LogP contribution in [0.3, 0.4) is 0 Å². The number of aliphatic hydroxyl groups is 2. The van der Waals surface area contributed by atoms with Crippen LogP contribution in [0, 0.1) is 22.2 Å². The fourth-order valence-electron chi connectivity index (χ4n) is 5.83. The van der Waals surface area contributed by atoms with Crippen molar-refractivity contribution in [2.75, 3.05) is 13.7 Å². The summed E-state index contributed by atoms with van der Waals surface area (Å²) in [5.74, 6) is 0.551. The largest absolute Gasteiger partial charge is 0.396 e. The Balaban J connectivity index is 2.00. The average Bonchev–Trinajstić information content (AvgIpc) is 2.64. The van der Waals surface area contributed by atoms with Crippen LogP contribution in [0.25, 0.3) is 0 Å². The highest BCUT2D eigenvalue weighted by atomic mass is 16.5. The van der Waals surface area contributed by atoms with Crippen molar-refractivity contribution >= 4 is 0 Å². The first-order valence-corrected chi connectivity index (χ1v) is 7.72. The predicted octanol–water partition coefficient (Wildman–Crippen LogP) is 2.35. The molecule has 0 aliphatic heterocycles. The van der Waals surface area contributed by atoms with E-state index in [2.05, 4.69) is 13.8 Å². The monoisotopic (exact) mass is 268 g/mol. The van der Waals surface area contributed by atoms with Crippen molar-refractivity contribution < 1.29 is 14.9 Å². The van der Waals surface area contributed by atoms with Crippen LogP contribution in [0.4, 0.5) is 0 Å². The fourth-order valence-corrected chi connectivity index (χ4v) is 5.83. The SMILES string of the molecule is CO[C@H]1C[C@@](C)(CO)[C@@H]2CC[C@]3(C)C[C@]12CC[C@@H]3O. The number of rotatable bonds is 2. The number of hydrogen-bond acceptors (Lipinski definition) is 3. The van der Waals surface area contributed by atoms with Crippen LogP contribution in [-0.2, 0) is 4.74 Å². The summed E-state index contributed by atoms with van der Waals surface area (Å²) in [7, 11) is 1.82. The normalized spacial score (nSPS) is 57.0. The molecule has 3 rings (SSSR count). The Kier molecular flexibility index (Phi) is 3.05. The Bertz CT molecular complexity index is 371. The molecule has 110 valence electrons. The van der Waals surface area contributed by atoms with Gasteiger partial charge in [-0.2, -0.15) is 0 Å². The summed E-state index contributed by atoms with van der Waals surface area (Å²) in [6.45, 7) is 4.74. The zero-order valence-electron chi connectivity index (χ0n) is 12.5. The van der Waals surface area contributed by atoms with Crippen LogP contribution in [0.1, 0.15) is 52.4 Å². The number of hydrogen-bond donors (Lipinski definition) is 2. The van der Waals surface area contributed by atoms with Gasteiger partial charge in [0.05, 0.1) is 12.2 Å². The molecule has 3 saturated carbocycles. The first-order valence-electron chi connectivity index (χ1n) is 7.72. The second-order valence-electron chi connectivity index (χ2n) is 7.95. The van der Waals surface area contributed by atoms with E-state index in [0.29, 0.717) is 5.92 Å². The highest BCUT2D eigenvalue weighted by molar-refractivity contribution is 5.15. The molecule has 3 fully saturated rings. The number of aliphatic hydroxyl groups excluding tert-OH is 2. The molecule has 19 heavy (non-hydrogen) atoms. The molecule has 3 heteroatoms. The van der Waals surface area contributed by atoms with Gasteiger partial charge in [0.2, 0.25) is 0 Å². The summed E-state index contributed by atoms with van der Waals surface area (Å²) in [4.78, 5) is 0. The van der Waals surface area contributed by atoms with Gasteiger partial charge in [-0.1, -0.05) is 13.8 Å². The molecule has 0 aromatic rings. The number of methoxy groups -OCH3 is 1. The van der Waals surface area contributed by atoms with E-state index in [0.717, 1.165) is 38.5 Å². The van der Waals surface area contributed by atoms with Crippen molar-refractivity contribution in [3.8, 4) is 0 Å². The molecule has 3 aliphatic rings. The van der Waals surface area contributed by atoms with Gasteiger partial charge in [0, 0.05) is 19.1 Å². The second-order valence-corrected chi connectivity index (χ2v) is 7.95. The van der Waals surface area contributed by atoms with Gasteiger partial charge in [0.25, 0.3) is 0 Å². The van der Waals surface area contributed by atoms with Crippen LogP contribution in [0.2, 0.25) is 0 Å². The molecule has 0 unspecified atom stereocenters. The van der Waals surface area contributed by atoms with E-state index < -0.39 is 0 Å². The van der Waals surface area contributed by atoms with Gasteiger partial charge in [-0.05, 0) is 55.3 Å². The number of ether oxygens (including phenoxy) is 1. The zero-order chi connectivity index (χ0) is 13.9. The lowest BCUT2D eigenvalue weighted by molar-refractivity contribution is -0.152. The minimum atomic E-state index is -0.155. The number of fused-ring (bicyclic) bond motifs is 1. The Hall–Kier alpha value is -0.120. The standard InChI is InChI=1S/C16H28O3/c1-14-6-4-11-15(2,10-17)8-13(19-3)16(11,9-14)7-5-12(14)18/h11-13,17-18H,4-10H2,1-3H3/t11-,12-,13-,14+,15-,16-/m0/s1. The first kappa shape index (κ1) is 13.8. The zero-order valence-corrected chi connectivity index (χ0v) is 12.5. The Morgan fingerprint density at radius 2 is 1.95 bits per heavy atom. The van der Waals surface area contributed by atoms with Crippen molar-refractivity contribution in [3.05, 3.63) is 0 Å². The molecule has 0 amide bonds. The first-order chi connectivity index (χ1) is 8.90. The lowest BCUT2D eigenvalue weighted by Crippen LogP contribution is -2.54. The Labute approximate surface area is 116 Å². The van der Waals surface area contributed by atoms with Crippen LogP contribution in [0.5, 0.6) is 0 Å². The van der Waals surface area contributed by atoms with Gasteiger partial charge in [0.15, 0.2) is 0 Å². The Morgan fingerprint density at radius 3 is 2.58 bits per heavy atom. The molecule has 1 spiro atoms. The molecular formula is C16H28O3. The third kappa shape index (κ3) is 1.68. The lowest BCUT2D eigenvalue weighted by atomic mass is 9.49. The van der Waals surface area contributed by atoms with E-state index in [1.54, 1.807) is 0 Å². The van der Waals surface area contributed by atoms with Crippen molar-refractivity contribution in [1.29, 1.82) is 0 Å². The second kappa shape index (κ2) is 4.19. The minimum Gasteiger partial charge on any atom is -0.396 e. The van der Waals surface area contributed by atoms with Crippen LogP contribution < -0.4 is 0 Å². The highest BCUT2D eigenvalue weighted by Gasteiger charge is 2.66. The maximum atomic E-state index is 10.4. The van der Waals surface area contributed by atoms with Crippen molar-refractivity contribution in [1.82, 2.24) is 0 Å². The van der Waals surface area contributed by atoms with Crippen molar-refractivity contribution in [2.24, 2.45) is 22.2 Å². The maximum absolute atomic E-state index is 10.4. The average molecular weight is 268 g/mol. The summed E-state index contributed by atoms with van der Waals surface area (Å²) in [6.07, 6.45) is 6.31. The topological polar surface area (TPSA) is 49.7 Å². The van der Waals surface area contributed by atoms with E-state index in [1.807, 2.05) is 7.11 Å². The molecule has 0 radical (unpaired) electrons. The van der Waals surface area contributed by atoms with E-state index in [4.69, 9.17) is 4.74 Å². The fraction of sp³-hybridized carbons (Fsp3) is 1.00. The molecule has 0 aromatic heterocycles. The minimum absolute atomic E-state index is 0.00426. The van der Waals surface area contributed by atoms with E-state index in [9.17, 15) is 10.2 Å². The highest BCUT2D eigenvalue weighted by Crippen LogP contribution is 2.69. The van der Waals surface area contributed by atoms with Gasteiger partial charge >= 0.3 is 0 Å². The van der Waals surface area contributed by atoms with Gasteiger partial charge in [-0.25, -0.2) is 0 Å². The third-order valence-corrected chi connectivity index (χ3v) is 6.90. The summed E-state index contributed by atoms with van der Waals surface area (Å²) < 4.78 is 5.84. The van der Waals surface area contributed by atoms with Crippen molar-refractivity contribution in [3.63, 3.8) is 0 Å². The molecule has 6 atom stereocenters. The molecule has 2 N–H and O–H groups in total. The Morgan fingerprint density at radius 1 is 1.21 bits per heavy atom. The maximum Gasteiger partial charge on any atom is 0.0636 e. The molecular weight excluding hydrogens is 240 g/mol. The predicted molar refractivity (Wildman–Crippen MR) is 73.7 cm³/mol. The van der Waals surface area contributed by atoms with Crippen LogP contribution in [0.15, 0.2) is 0 Å². The molecule has 3 nitrogen and oxygen atoms in total. The molecule has 0 aromatic carbocycles. The third-order valence-electron chi connectivity index (χ3n) is 6.90. The van der Waals surface area contributed by atoms with E-state index in [1.165, 1.54) is 0 Å². The van der Waals surface area contributed by atoms with Crippen molar-refractivity contribution in [2.45, 2.75) is 64.6 Å². The van der Waals surface area contributed by atoms with Crippen LogP contribution in [-0.4, -0.2) is 36.1 Å². The van der Waals surface area contributed by atoms with Gasteiger partial charge in [0.1, 0.15) is 0 Å². The van der Waals surface area contributed by atoms with Gasteiger partial charge in [-0.15, -0.1) is 0 Å². The smallest absolute Gasteiger partial charge is 0.0636 e. The molecule has 3 aliphatic carbocycles. The molecule has 2 bridgehead atoms. The van der Waals surface area contributed by atoms with E-state index in [-0.39, 0.29) is 35.1 Å².